The summed E-state index contributed by atoms with van der Waals surface area (Å²) in [6.45, 7) is 5.85. The van der Waals surface area contributed by atoms with Crippen LogP contribution in [0.4, 0.5) is 0 Å². The largest absolute Gasteiger partial charge is 0.468 e. The van der Waals surface area contributed by atoms with E-state index in [1.807, 2.05) is 42.7 Å². The van der Waals surface area contributed by atoms with E-state index >= 15 is 0 Å². The molecule has 3 rings (SSSR count). The fourth-order valence-electron chi connectivity index (χ4n) is 3.07. The lowest BCUT2D eigenvalue weighted by Gasteiger charge is -2.30. The van der Waals surface area contributed by atoms with Gasteiger partial charge in [0.05, 0.1) is 12.9 Å². The average Bonchev–Trinajstić information content (AvgIpc) is 3.14. The number of amides is 1. The molecule has 0 bridgehead atoms. The normalized spacial score (nSPS) is 16.8. The average molecular weight is 421 g/mol. The molecule has 1 atom stereocenters. The number of rotatable bonds is 6. The molecule has 2 aromatic rings. The zero-order valence-electron chi connectivity index (χ0n) is 16.3. The van der Waals surface area contributed by atoms with Crippen molar-refractivity contribution >= 4 is 35.4 Å². The summed E-state index contributed by atoms with van der Waals surface area (Å²) in [7, 11) is 1.38. The molecule has 1 aromatic heterocycles. The van der Waals surface area contributed by atoms with Crippen molar-refractivity contribution in [1.82, 2.24) is 19.7 Å². The highest BCUT2D eigenvalue weighted by molar-refractivity contribution is 8.00. The van der Waals surface area contributed by atoms with Crippen LogP contribution in [0.2, 0.25) is 0 Å². The summed E-state index contributed by atoms with van der Waals surface area (Å²) in [5.41, 5.74) is 2.18. The molecule has 1 fully saturated rings. The summed E-state index contributed by atoms with van der Waals surface area (Å²) in [5, 5.41) is 9.08. The second kappa shape index (κ2) is 9.47. The smallest absolute Gasteiger partial charge is 0.320 e. The van der Waals surface area contributed by atoms with Crippen molar-refractivity contribution in [2.45, 2.75) is 30.8 Å². The highest BCUT2D eigenvalue weighted by atomic mass is 32.2. The maximum atomic E-state index is 12.6. The van der Waals surface area contributed by atoms with Crippen molar-refractivity contribution in [3.05, 3.63) is 29.8 Å². The number of benzene rings is 1. The molecule has 1 aromatic carbocycles. The van der Waals surface area contributed by atoms with Crippen molar-refractivity contribution in [1.29, 1.82) is 0 Å². The first-order valence-electron chi connectivity index (χ1n) is 9.14. The van der Waals surface area contributed by atoms with Gasteiger partial charge in [-0.2, -0.15) is 0 Å². The van der Waals surface area contributed by atoms with Gasteiger partial charge in [0, 0.05) is 31.0 Å². The van der Waals surface area contributed by atoms with Crippen molar-refractivity contribution < 1.29 is 14.3 Å². The van der Waals surface area contributed by atoms with Gasteiger partial charge in [-0.1, -0.05) is 36.0 Å². The third-order valence-corrected chi connectivity index (χ3v) is 6.74. The summed E-state index contributed by atoms with van der Waals surface area (Å²) in [5.74, 6) is 1.55. The number of thioether (sulfide) groups is 2. The molecule has 1 amide bonds. The van der Waals surface area contributed by atoms with Crippen molar-refractivity contribution in [2.75, 3.05) is 31.7 Å². The molecule has 0 saturated carbocycles. The molecule has 2 heterocycles. The third kappa shape index (κ3) is 4.52. The monoisotopic (exact) mass is 420 g/mol. The highest BCUT2D eigenvalue weighted by Gasteiger charge is 2.29. The first-order chi connectivity index (χ1) is 13.5. The van der Waals surface area contributed by atoms with E-state index in [0.717, 1.165) is 34.4 Å². The zero-order valence-corrected chi connectivity index (χ0v) is 17.9. The Morgan fingerprint density at radius 2 is 2.11 bits per heavy atom. The predicted molar refractivity (Wildman–Crippen MR) is 111 cm³/mol. The summed E-state index contributed by atoms with van der Waals surface area (Å²) < 4.78 is 6.84. The van der Waals surface area contributed by atoms with Gasteiger partial charge >= 0.3 is 5.97 Å². The summed E-state index contributed by atoms with van der Waals surface area (Å²) in [6.07, 6.45) is 0. The number of carbonyl (C=O) groups is 2. The third-order valence-electron chi connectivity index (χ3n) is 4.63. The van der Waals surface area contributed by atoms with E-state index < -0.39 is 0 Å². The van der Waals surface area contributed by atoms with E-state index in [2.05, 4.69) is 10.2 Å². The second-order valence-corrected chi connectivity index (χ2v) is 8.63. The highest BCUT2D eigenvalue weighted by Crippen LogP contribution is 2.27. The molecule has 9 heteroatoms. The maximum Gasteiger partial charge on any atom is 0.320 e. The number of hydrogen-bond donors (Lipinski definition) is 0. The molecular weight excluding hydrogens is 396 g/mol. The Balaban J connectivity index is 1.67. The lowest BCUT2D eigenvalue weighted by molar-refractivity contribution is -0.141. The Kier molecular flexibility index (Phi) is 7.01. The van der Waals surface area contributed by atoms with Crippen LogP contribution >= 0.6 is 23.5 Å². The topological polar surface area (TPSA) is 77.3 Å². The fourth-order valence-corrected chi connectivity index (χ4v) is 5.10. The van der Waals surface area contributed by atoms with Gasteiger partial charge < -0.3 is 14.2 Å². The van der Waals surface area contributed by atoms with E-state index in [0.29, 0.717) is 13.1 Å². The quantitative estimate of drug-likeness (QED) is 0.525. The molecule has 0 unspecified atom stereocenters. The summed E-state index contributed by atoms with van der Waals surface area (Å²) in [4.78, 5) is 26.1. The van der Waals surface area contributed by atoms with E-state index in [9.17, 15) is 9.59 Å². The van der Waals surface area contributed by atoms with Gasteiger partial charge in [-0.3, -0.25) is 9.59 Å². The van der Waals surface area contributed by atoms with Crippen LogP contribution in [-0.4, -0.2) is 68.5 Å². The SMILES string of the molecule is CCn1c(SCC(=O)N2CCS[C@H](C(=O)OC)C2)nnc1-c1ccccc1C. The molecular formula is C19H24N4O3S2. The van der Waals surface area contributed by atoms with Crippen LogP contribution < -0.4 is 0 Å². The van der Waals surface area contributed by atoms with Crippen LogP contribution in [0.25, 0.3) is 11.4 Å². The minimum Gasteiger partial charge on any atom is -0.468 e. The van der Waals surface area contributed by atoms with Gasteiger partial charge in [0.2, 0.25) is 5.91 Å². The number of aryl methyl sites for hydroxylation is 1. The number of carbonyl (C=O) groups excluding carboxylic acids is 2. The van der Waals surface area contributed by atoms with Crippen LogP contribution in [0, 0.1) is 6.92 Å². The maximum absolute atomic E-state index is 12.6. The minimum absolute atomic E-state index is 0.00213. The van der Waals surface area contributed by atoms with Crippen LogP contribution in [0.1, 0.15) is 12.5 Å². The van der Waals surface area contributed by atoms with Crippen LogP contribution in [0.3, 0.4) is 0 Å². The molecule has 1 saturated heterocycles. The minimum atomic E-state index is -0.306. The Hall–Kier alpha value is -2.00. The Bertz CT molecular complexity index is 855. The second-order valence-electron chi connectivity index (χ2n) is 6.38. The van der Waals surface area contributed by atoms with Gasteiger partial charge in [0.15, 0.2) is 11.0 Å². The zero-order chi connectivity index (χ0) is 20.1. The number of methoxy groups -OCH3 is 1. The molecule has 0 spiro atoms. The molecule has 0 radical (unpaired) electrons. The molecule has 0 aliphatic carbocycles. The Labute approximate surface area is 173 Å². The molecule has 7 nitrogen and oxygen atoms in total. The van der Waals surface area contributed by atoms with Crippen molar-refractivity contribution in [3.8, 4) is 11.4 Å². The first-order valence-corrected chi connectivity index (χ1v) is 11.2. The van der Waals surface area contributed by atoms with Crippen molar-refractivity contribution in [2.24, 2.45) is 0 Å². The van der Waals surface area contributed by atoms with Gasteiger partial charge in [-0.05, 0) is 19.4 Å². The number of esters is 1. The van der Waals surface area contributed by atoms with Crippen LogP contribution in [0.15, 0.2) is 29.4 Å². The van der Waals surface area contributed by atoms with Gasteiger partial charge in [-0.15, -0.1) is 22.0 Å². The van der Waals surface area contributed by atoms with E-state index in [-0.39, 0.29) is 22.9 Å². The summed E-state index contributed by atoms with van der Waals surface area (Å²) in [6, 6.07) is 8.06. The number of aromatic nitrogens is 3. The molecule has 28 heavy (non-hydrogen) atoms. The molecule has 1 aliphatic heterocycles. The Morgan fingerprint density at radius 3 is 2.82 bits per heavy atom. The molecule has 1 aliphatic rings. The number of nitrogens with zero attached hydrogens (tertiary/aromatic N) is 4. The first kappa shape index (κ1) is 20.7. The molecule has 150 valence electrons. The number of hydrogen-bond acceptors (Lipinski definition) is 7. The number of ether oxygens (including phenoxy) is 1. The van der Waals surface area contributed by atoms with E-state index in [1.54, 1.807) is 4.90 Å². The lowest BCUT2D eigenvalue weighted by Crippen LogP contribution is -2.45. The van der Waals surface area contributed by atoms with E-state index in [4.69, 9.17) is 4.74 Å². The van der Waals surface area contributed by atoms with Crippen LogP contribution in [0.5, 0.6) is 0 Å². The van der Waals surface area contributed by atoms with E-state index in [1.165, 1.54) is 30.6 Å². The predicted octanol–water partition coefficient (Wildman–Crippen LogP) is 2.48. The Morgan fingerprint density at radius 1 is 1.32 bits per heavy atom. The fraction of sp³-hybridized carbons (Fsp3) is 0.474. The summed E-state index contributed by atoms with van der Waals surface area (Å²) >= 11 is 2.92. The lowest BCUT2D eigenvalue weighted by atomic mass is 10.1. The molecule has 0 N–H and O–H groups in total. The van der Waals surface area contributed by atoms with Crippen molar-refractivity contribution in [3.63, 3.8) is 0 Å². The van der Waals surface area contributed by atoms with Gasteiger partial charge in [0.1, 0.15) is 5.25 Å². The van der Waals surface area contributed by atoms with Gasteiger partial charge in [-0.25, -0.2) is 0 Å². The van der Waals surface area contributed by atoms with Crippen LogP contribution in [-0.2, 0) is 20.9 Å². The van der Waals surface area contributed by atoms with Gasteiger partial charge in [0.25, 0.3) is 0 Å². The standard InChI is InChI=1S/C19H24N4O3S2/c1-4-23-17(14-8-6-5-7-13(14)2)20-21-19(23)28-12-16(24)22-9-10-27-15(11-22)18(25)26-3/h5-8,15H,4,9-12H2,1-3H3/t15-/m0/s1.